The van der Waals surface area contributed by atoms with Gasteiger partial charge in [-0.15, -0.1) is 0 Å². The van der Waals surface area contributed by atoms with Gasteiger partial charge < -0.3 is 15.4 Å². The van der Waals surface area contributed by atoms with Crippen LogP contribution in [0.25, 0.3) is 0 Å². The second-order valence-electron chi connectivity index (χ2n) is 4.49. The number of halogens is 1. The zero-order valence-corrected chi connectivity index (χ0v) is 10.9. The maximum absolute atomic E-state index is 11.8. The Morgan fingerprint density at radius 1 is 1.50 bits per heavy atom. The first kappa shape index (κ1) is 13.2. The van der Waals surface area contributed by atoms with Gasteiger partial charge in [-0.3, -0.25) is 0 Å². The van der Waals surface area contributed by atoms with E-state index in [9.17, 15) is 4.79 Å². The molecule has 1 fully saturated rings. The van der Waals surface area contributed by atoms with E-state index in [0.717, 1.165) is 24.9 Å². The first-order valence-corrected chi connectivity index (χ1v) is 6.45. The van der Waals surface area contributed by atoms with E-state index < -0.39 is 0 Å². The van der Waals surface area contributed by atoms with E-state index in [1.807, 2.05) is 18.2 Å². The summed E-state index contributed by atoms with van der Waals surface area (Å²) in [5, 5.41) is 0.612. The van der Waals surface area contributed by atoms with Crippen molar-refractivity contribution in [1.29, 1.82) is 0 Å². The van der Waals surface area contributed by atoms with Gasteiger partial charge in [-0.25, -0.2) is 4.79 Å². The zero-order valence-electron chi connectivity index (χ0n) is 10.1. The quantitative estimate of drug-likeness (QED) is 0.896. The van der Waals surface area contributed by atoms with Crippen molar-refractivity contribution in [2.45, 2.75) is 25.5 Å². The van der Waals surface area contributed by atoms with Crippen molar-refractivity contribution in [1.82, 2.24) is 4.90 Å². The van der Waals surface area contributed by atoms with Crippen molar-refractivity contribution in [2.24, 2.45) is 5.73 Å². The first-order valence-electron chi connectivity index (χ1n) is 6.07. The lowest BCUT2D eigenvalue weighted by Gasteiger charge is -2.29. The molecule has 2 rings (SSSR count). The smallest absolute Gasteiger partial charge is 0.410 e. The van der Waals surface area contributed by atoms with Gasteiger partial charge in [0.1, 0.15) is 6.61 Å². The number of carbonyl (C=O) groups excluding carboxylic acids is 1. The maximum Gasteiger partial charge on any atom is 0.410 e. The van der Waals surface area contributed by atoms with Crippen molar-refractivity contribution in [3.8, 4) is 0 Å². The van der Waals surface area contributed by atoms with Crippen LogP contribution in [0.5, 0.6) is 0 Å². The fourth-order valence-corrected chi connectivity index (χ4v) is 2.21. The molecular weight excluding hydrogens is 252 g/mol. The molecule has 0 radical (unpaired) electrons. The lowest BCUT2D eigenvalue weighted by Crippen LogP contribution is -2.45. The van der Waals surface area contributed by atoms with E-state index in [2.05, 4.69) is 0 Å². The predicted octanol–water partition coefficient (Wildman–Crippen LogP) is 2.40. The Labute approximate surface area is 112 Å². The van der Waals surface area contributed by atoms with Crippen molar-refractivity contribution in [3.05, 3.63) is 34.9 Å². The summed E-state index contributed by atoms with van der Waals surface area (Å²) >= 11 is 5.99. The number of hydrogen-bond donors (Lipinski definition) is 1. The first-order chi connectivity index (χ1) is 8.66. The highest BCUT2D eigenvalue weighted by molar-refractivity contribution is 6.31. The Kier molecular flexibility index (Phi) is 4.44. The normalized spacial score (nSPS) is 19.7. The van der Waals surface area contributed by atoms with Gasteiger partial charge in [-0.05, 0) is 18.9 Å². The number of benzene rings is 1. The van der Waals surface area contributed by atoms with Crippen LogP contribution in [0, 0.1) is 0 Å². The number of ether oxygens (including phenoxy) is 1. The van der Waals surface area contributed by atoms with Gasteiger partial charge in [-0.2, -0.15) is 0 Å². The number of piperidine rings is 1. The van der Waals surface area contributed by atoms with Crippen LogP contribution >= 0.6 is 11.6 Å². The van der Waals surface area contributed by atoms with E-state index in [-0.39, 0.29) is 18.7 Å². The number of amides is 1. The summed E-state index contributed by atoms with van der Waals surface area (Å²) in [6, 6.07) is 7.40. The molecule has 4 nitrogen and oxygen atoms in total. The molecule has 1 heterocycles. The van der Waals surface area contributed by atoms with E-state index in [1.54, 1.807) is 11.0 Å². The number of nitrogens with two attached hydrogens (primary N) is 1. The van der Waals surface area contributed by atoms with Crippen molar-refractivity contribution in [3.63, 3.8) is 0 Å². The molecule has 1 saturated heterocycles. The van der Waals surface area contributed by atoms with Gasteiger partial charge in [0.05, 0.1) is 0 Å². The average molecular weight is 269 g/mol. The fraction of sp³-hybridized carbons (Fsp3) is 0.462. The number of carbonyl (C=O) groups is 1. The molecule has 1 atom stereocenters. The number of nitrogens with zero attached hydrogens (tertiary/aromatic N) is 1. The van der Waals surface area contributed by atoms with Gasteiger partial charge >= 0.3 is 6.09 Å². The van der Waals surface area contributed by atoms with Gasteiger partial charge in [0, 0.05) is 29.7 Å². The van der Waals surface area contributed by atoms with Crippen molar-refractivity contribution < 1.29 is 9.53 Å². The van der Waals surface area contributed by atoms with Gasteiger partial charge in [0.2, 0.25) is 0 Å². The largest absolute Gasteiger partial charge is 0.444 e. The molecule has 1 amide bonds. The molecule has 0 spiro atoms. The minimum Gasteiger partial charge on any atom is -0.444 e. The Bertz CT molecular complexity index is 425. The Hall–Kier alpha value is -1.26. The molecule has 1 aromatic rings. The number of likely N-dealkylation sites (tertiary alicyclic amines) is 1. The lowest BCUT2D eigenvalue weighted by molar-refractivity contribution is 0.0862. The lowest BCUT2D eigenvalue weighted by atomic mass is 10.1. The summed E-state index contributed by atoms with van der Waals surface area (Å²) in [6.07, 6.45) is 1.58. The second kappa shape index (κ2) is 6.07. The molecule has 1 aliphatic heterocycles. The molecule has 98 valence electrons. The molecule has 1 unspecified atom stereocenters. The minimum absolute atomic E-state index is 0.0617. The third kappa shape index (κ3) is 3.37. The predicted molar refractivity (Wildman–Crippen MR) is 70.4 cm³/mol. The highest BCUT2D eigenvalue weighted by Gasteiger charge is 2.22. The van der Waals surface area contributed by atoms with E-state index in [1.165, 1.54) is 0 Å². The molecule has 0 aromatic heterocycles. The maximum atomic E-state index is 11.8. The molecule has 2 N–H and O–H groups in total. The van der Waals surface area contributed by atoms with Crippen LogP contribution in [0.3, 0.4) is 0 Å². The standard InChI is InChI=1S/C13H17ClN2O2/c14-12-6-2-1-4-10(12)9-18-13(17)16-7-3-5-11(15)8-16/h1-2,4,6,11H,3,5,7-9,15H2. The highest BCUT2D eigenvalue weighted by Crippen LogP contribution is 2.17. The van der Waals surface area contributed by atoms with Crippen LogP contribution in [0.15, 0.2) is 24.3 Å². The topological polar surface area (TPSA) is 55.6 Å². The molecular formula is C13H17ClN2O2. The summed E-state index contributed by atoms with van der Waals surface area (Å²) < 4.78 is 5.24. The molecule has 5 heteroatoms. The average Bonchev–Trinajstić information content (AvgIpc) is 2.37. The molecule has 1 aliphatic rings. The van der Waals surface area contributed by atoms with Gasteiger partial charge in [0.25, 0.3) is 0 Å². The number of hydrogen-bond acceptors (Lipinski definition) is 3. The third-order valence-electron chi connectivity index (χ3n) is 3.03. The summed E-state index contributed by atoms with van der Waals surface area (Å²) in [4.78, 5) is 13.5. The highest BCUT2D eigenvalue weighted by atomic mass is 35.5. The van der Waals surface area contributed by atoms with E-state index in [4.69, 9.17) is 22.1 Å². The Balaban J connectivity index is 1.86. The summed E-state index contributed by atoms with van der Waals surface area (Å²) in [5.41, 5.74) is 6.64. The van der Waals surface area contributed by atoms with E-state index >= 15 is 0 Å². The molecule has 18 heavy (non-hydrogen) atoms. The van der Waals surface area contributed by atoms with Crippen LogP contribution in [0.2, 0.25) is 5.02 Å². The Morgan fingerprint density at radius 3 is 3.00 bits per heavy atom. The van der Waals surface area contributed by atoms with Crippen LogP contribution in [-0.2, 0) is 11.3 Å². The summed E-state index contributed by atoms with van der Waals surface area (Å²) in [6.45, 7) is 1.49. The van der Waals surface area contributed by atoms with Crippen molar-refractivity contribution >= 4 is 17.7 Å². The molecule has 0 bridgehead atoms. The van der Waals surface area contributed by atoms with Crippen LogP contribution < -0.4 is 5.73 Å². The molecule has 0 aliphatic carbocycles. The van der Waals surface area contributed by atoms with Gasteiger partial charge in [0.15, 0.2) is 0 Å². The zero-order chi connectivity index (χ0) is 13.0. The summed E-state index contributed by atoms with van der Waals surface area (Å²) in [5.74, 6) is 0. The molecule has 1 aromatic carbocycles. The third-order valence-corrected chi connectivity index (χ3v) is 3.39. The van der Waals surface area contributed by atoms with Crippen LogP contribution in [0.4, 0.5) is 4.79 Å². The second-order valence-corrected chi connectivity index (χ2v) is 4.90. The minimum atomic E-state index is -0.315. The van der Waals surface area contributed by atoms with Crippen LogP contribution in [0.1, 0.15) is 18.4 Å². The SMILES string of the molecule is NC1CCCN(C(=O)OCc2ccccc2Cl)C1. The fourth-order valence-electron chi connectivity index (χ4n) is 2.02. The van der Waals surface area contributed by atoms with E-state index in [0.29, 0.717) is 11.6 Å². The molecule has 0 saturated carbocycles. The van der Waals surface area contributed by atoms with Gasteiger partial charge in [-0.1, -0.05) is 29.8 Å². The Morgan fingerprint density at radius 2 is 2.28 bits per heavy atom. The van der Waals surface area contributed by atoms with Crippen molar-refractivity contribution in [2.75, 3.05) is 13.1 Å². The summed E-state index contributed by atoms with van der Waals surface area (Å²) in [7, 11) is 0. The monoisotopic (exact) mass is 268 g/mol. The van der Waals surface area contributed by atoms with Crippen LogP contribution in [-0.4, -0.2) is 30.1 Å². The number of rotatable bonds is 2.